The van der Waals surface area contributed by atoms with Crippen molar-refractivity contribution in [3.63, 3.8) is 0 Å². The van der Waals surface area contributed by atoms with Crippen molar-refractivity contribution in [3.8, 4) is 0 Å². The number of carbonyl (C=O) groups excluding carboxylic acids is 1. The number of thiophene rings is 1. The lowest BCUT2D eigenvalue weighted by molar-refractivity contribution is -0.183. The van der Waals surface area contributed by atoms with Crippen molar-refractivity contribution >= 4 is 17.2 Å². The Balaban J connectivity index is 1.94. The van der Waals surface area contributed by atoms with Crippen molar-refractivity contribution in [2.75, 3.05) is 13.1 Å². The number of alkyl halides is 3. The monoisotopic (exact) mass is 263 g/mol. The largest absolute Gasteiger partial charge is 0.391 e. The maximum atomic E-state index is 12.4. The van der Waals surface area contributed by atoms with Gasteiger partial charge in [0.05, 0.1) is 10.8 Å². The Bertz CT molecular complexity index is 380. The Morgan fingerprint density at radius 3 is 2.47 bits per heavy atom. The van der Waals surface area contributed by atoms with Crippen molar-refractivity contribution < 1.29 is 18.0 Å². The van der Waals surface area contributed by atoms with E-state index in [1.54, 1.807) is 17.5 Å². The van der Waals surface area contributed by atoms with E-state index in [1.807, 2.05) is 0 Å². The molecule has 0 aromatic carbocycles. The van der Waals surface area contributed by atoms with E-state index < -0.39 is 12.1 Å². The van der Waals surface area contributed by atoms with Gasteiger partial charge in [0.1, 0.15) is 0 Å². The highest BCUT2D eigenvalue weighted by molar-refractivity contribution is 7.12. The summed E-state index contributed by atoms with van der Waals surface area (Å²) in [6.45, 7) is 0.391. The Morgan fingerprint density at radius 2 is 2.00 bits per heavy atom. The van der Waals surface area contributed by atoms with Crippen molar-refractivity contribution in [3.05, 3.63) is 22.4 Å². The number of amides is 1. The molecule has 6 heteroatoms. The van der Waals surface area contributed by atoms with Gasteiger partial charge in [-0.05, 0) is 24.3 Å². The zero-order valence-corrected chi connectivity index (χ0v) is 9.85. The lowest BCUT2D eigenvalue weighted by atomic mass is 9.96. The van der Waals surface area contributed by atoms with Crippen LogP contribution in [0, 0.1) is 5.92 Å². The third-order valence-electron chi connectivity index (χ3n) is 2.98. The van der Waals surface area contributed by atoms with Gasteiger partial charge in [-0.1, -0.05) is 6.07 Å². The van der Waals surface area contributed by atoms with Crippen LogP contribution in [0.5, 0.6) is 0 Å². The van der Waals surface area contributed by atoms with Gasteiger partial charge in [0.15, 0.2) is 0 Å². The molecule has 1 aliphatic heterocycles. The first-order valence-electron chi connectivity index (χ1n) is 5.38. The molecule has 0 radical (unpaired) electrons. The molecule has 0 unspecified atom stereocenters. The average molecular weight is 263 g/mol. The highest BCUT2D eigenvalue weighted by Gasteiger charge is 2.41. The molecule has 2 rings (SSSR count). The third-order valence-corrected chi connectivity index (χ3v) is 3.83. The van der Waals surface area contributed by atoms with Crippen LogP contribution in [0.25, 0.3) is 0 Å². The number of carbonyl (C=O) groups is 1. The van der Waals surface area contributed by atoms with Gasteiger partial charge in [0, 0.05) is 13.1 Å². The number of nitrogens with zero attached hydrogens (tertiary/aromatic N) is 1. The van der Waals surface area contributed by atoms with E-state index in [-0.39, 0.29) is 31.8 Å². The first kappa shape index (κ1) is 12.4. The fraction of sp³-hybridized carbons (Fsp3) is 0.545. The summed E-state index contributed by atoms with van der Waals surface area (Å²) in [5.74, 6) is -1.41. The molecular formula is C11H12F3NOS. The van der Waals surface area contributed by atoms with Crippen molar-refractivity contribution in [2.24, 2.45) is 5.92 Å². The Kier molecular flexibility index (Phi) is 3.42. The lowest BCUT2D eigenvalue weighted by Gasteiger charge is -2.32. The minimum absolute atomic E-state index is 0.0145. The van der Waals surface area contributed by atoms with Crippen molar-refractivity contribution in [1.82, 2.24) is 4.90 Å². The van der Waals surface area contributed by atoms with Crippen LogP contribution >= 0.6 is 11.3 Å². The predicted molar refractivity (Wildman–Crippen MR) is 59.0 cm³/mol. The first-order chi connectivity index (χ1) is 7.98. The molecule has 0 atom stereocenters. The summed E-state index contributed by atoms with van der Waals surface area (Å²) >= 11 is 1.32. The molecule has 0 bridgehead atoms. The van der Waals surface area contributed by atoms with Gasteiger partial charge >= 0.3 is 6.18 Å². The molecule has 1 aromatic heterocycles. The second kappa shape index (κ2) is 4.68. The first-order valence-corrected chi connectivity index (χ1v) is 6.26. The molecule has 94 valence electrons. The van der Waals surface area contributed by atoms with E-state index in [4.69, 9.17) is 0 Å². The molecule has 17 heavy (non-hydrogen) atoms. The summed E-state index contributed by atoms with van der Waals surface area (Å²) in [6, 6.07) is 3.46. The molecule has 1 saturated heterocycles. The minimum atomic E-state index is -4.13. The topological polar surface area (TPSA) is 20.3 Å². The molecule has 1 fully saturated rings. The number of rotatable bonds is 1. The maximum Gasteiger partial charge on any atom is 0.391 e. The SMILES string of the molecule is O=C(c1cccs1)N1CCC(C(F)(F)F)CC1. The van der Waals surface area contributed by atoms with Gasteiger partial charge in [-0.2, -0.15) is 13.2 Å². The number of piperidine rings is 1. The molecule has 1 aliphatic rings. The third kappa shape index (κ3) is 2.80. The van der Waals surface area contributed by atoms with Crippen LogP contribution in [-0.2, 0) is 0 Å². The fourth-order valence-electron chi connectivity index (χ4n) is 1.97. The van der Waals surface area contributed by atoms with Gasteiger partial charge in [0.2, 0.25) is 0 Å². The minimum Gasteiger partial charge on any atom is -0.338 e. The van der Waals surface area contributed by atoms with Gasteiger partial charge in [-0.25, -0.2) is 0 Å². The highest BCUT2D eigenvalue weighted by atomic mass is 32.1. The van der Waals surface area contributed by atoms with E-state index in [9.17, 15) is 18.0 Å². The van der Waals surface area contributed by atoms with Gasteiger partial charge in [-0.3, -0.25) is 4.79 Å². The molecular weight excluding hydrogens is 251 g/mol. The van der Waals surface area contributed by atoms with E-state index in [2.05, 4.69) is 0 Å². The van der Waals surface area contributed by atoms with Crippen molar-refractivity contribution in [2.45, 2.75) is 19.0 Å². The van der Waals surface area contributed by atoms with Crippen LogP contribution in [-0.4, -0.2) is 30.1 Å². The van der Waals surface area contributed by atoms with Gasteiger partial charge in [0.25, 0.3) is 5.91 Å². The Labute approximate surface area is 101 Å². The molecule has 0 aliphatic carbocycles. The van der Waals surface area contributed by atoms with Crippen molar-refractivity contribution in [1.29, 1.82) is 0 Å². The molecule has 2 heterocycles. The Morgan fingerprint density at radius 1 is 1.35 bits per heavy atom. The maximum absolute atomic E-state index is 12.4. The molecule has 0 saturated carbocycles. The van der Waals surface area contributed by atoms with E-state index in [0.29, 0.717) is 4.88 Å². The lowest BCUT2D eigenvalue weighted by Crippen LogP contribution is -2.41. The van der Waals surface area contributed by atoms with E-state index in [0.717, 1.165) is 0 Å². The van der Waals surface area contributed by atoms with Crippen LogP contribution in [0.15, 0.2) is 17.5 Å². The fourth-order valence-corrected chi connectivity index (χ4v) is 2.66. The number of likely N-dealkylation sites (tertiary alicyclic amines) is 1. The molecule has 1 aromatic rings. The average Bonchev–Trinajstić information content (AvgIpc) is 2.80. The smallest absolute Gasteiger partial charge is 0.338 e. The Hall–Kier alpha value is -1.04. The highest BCUT2D eigenvalue weighted by Crippen LogP contribution is 2.34. The zero-order valence-electron chi connectivity index (χ0n) is 9.04. The van der Waals surface area contributed by atoms with Crippen LogP contribution in [0.1, 0.15) is 22.5 Å². The summed E-state index contributed by atoms with van der Waals surface area (Å²) < 4.78 is 37.3. The van der Waals surface area contributed by atoms with E-state index in [1.165, 1.54) is 16.2 Å². The second-order valence-corrected chi connectivity index (χ2v) is 5.03. The van der Waals surface area contributed by atoms with Gasteiger partial charge in [-0.15, -0.1) is 11.3 Å². The van der Waals surface area contributed by atoms with Gasteiger partial charge < -0.3 is 4.90 Å². The molecule has 0 spiro atoms. The molecule has 2 nitrogen and oxygen atoms in total. The number of hydrogen-bond donors (Lipinski definition) is 0. The standard InChI is InChI=1S/C11H12F3NOS/c12-11(13,14)8-3-5-15(6-4-8)10(16)9-2-1-7-17-9/h1-2,7-8H,3-6H2. The van der Waals surface area contributed by atoms with Crippen LogP contribution in [0.2, 0.25) is 0 Å². The second-order valence-electron chi connectivity index (χ2n) is 4.09. The van der Waals surface area contributed by atoms with Crippen LogP contribution < -0.4 is 0 Å². The summed E-state index contributed by atoms with van der Waals surface area (Å²) in [4.78, 5) is 14.0. The molecule has 0 N–H and O–H groups in total. The predicted octanol–water partition coefficient (Wildman–Crippen LogP) is 3.16. The van der Waals surface area contributed by atoms with Crippen LogP contribution in [0.4, 0.5) is 13.2 Å². The van der Waals surface area contributed by atoms with E-state index >= 15 is 0 Å². The summed E-state index contributed by atoms with van der Waals surface area (Å²) in [7, 11) is 0. The summed E-state index contributed by atoms with van der Waals surface area (Å²) in [5, 5.41) is 1.79. The molecule has 1 amide bonds. The summed E-state index contributed by atoms with van der Waals surface area (Å²) in [5.41, 5.74) is 0. The zero-order chi connectivity index (χ0) is 12.5. The summed E-state index contributed by atoms with van der Waals surface area (Å²) in [6.07, 6.45) is -4.10. The number of hydrogen-bond acceptors (Lipinski definition) is 2. The van der Waals surface area contributed by atoms with Crippen LogP contribution in [0.3, 0.4) is 0 Å². The quantitative estimate of drug-likeness (QED) is 0.762. The number of halogens is 3. The normalized spacial score (nSPS) is 18.4.